The van der Waals surface area contributed by atoms with E-state index in [0.717, 1.165) is 66.9 Å². The number of hydrogen-bond acceptors (Lipinski definition) is 2. The summed E-state index contributed by atoms with van der Waals surface area (Å²) < 4.78 is 8.60. The number of benzene rings is 8. The molecule has 8 aromatic carbocycles. The van der Waals surface area contributed by atoms with E-state index in [0.29, 0.717) is 0 Å². The van der Waals surface area contributed by atoms with E-state index < -0.39 is 0 Å². The van der Waals surface area contributed by atoms with Crippen molar-refractivity contribution in [1.29, 1.82) is 0 Å². The lowest BCUT2D eigenvalue weighted by atomic mass is 9.96. The highest BCUT2D eigenvalue weighted by atomic mass is 16.3. The Hall–Kier alpha value is -6.84. The maximum absolute atomic E-state index is 6.21. The van der Waals surface area contributed by atoms with Crippen molar-refractivity contribution in [2.75, 3.05) is 4.90 Å². The Morgan fingerprint density at radius 3 is 1.55 bits per heavy atom. The largest absolute Gasteiger partial charge is 0.456 e. The average molecular weight is 653 g/mol. The van der Waals surface area contributed by atoms with Crippen molar-refractivity contribution in [3.05, 3.63) is 194 Å². The third kappa shape index (κ3) is 4.98. The fourth-order valence-corrected chi connectivity index (χ4v) is 7.61. The van der Waals surface area contributed by atoms with Crippen LogP contribution in [-0.4, -0.2) is 4.57 Å². The minimum Gasteiger partial charge on any atom is -0.456 e. The predicted molar refractivity (Wildman–Crippen MR) is 214 cm³/mol. The Morgan fingerprint density at radius 2 is 0.882 bits per heavy atom. The van der Waals surface area contributed by atoms with Crippen LogP contribution >= 0.6 is 0 Å². The maximum Gasteiger partial charge on any atom is 0.135 e. The number of anilines is 3. The van der Waals surface area contributed by atoms with Gasteiger partial charge in [-0.05, 0) is 107 Å². The molecule has 0 saturated heterocycles. The molecular weight excluding hydrogens is 621 g/mol. The molecule has 0 aliphatic heterocycles. The average Bonchev–Trinajstić information content (AvgIpc) is 3.74. The van der Waals surface area contributed by atoms with Crippen LogP contribution < -0.4 is 4.90 Å². The molecular formula is C48H32N2O. The van der Waals surface area contributed by atoms with Crippen molar-refractivity contribution < 1.29 is 4.42 Å². The summed E-state index contributed by atoms with van der Waals surface area (Å²) in [6.07, 6.45) is 0. The van der Waals surface area contributed by atoms with Crippen molar-refractivity contribution in [3.8, 4) is 27.9 Å². The molecule has 10 aromatic rings. The molecule has 0 aliphatic carbocycles. The van der Waals surface area contributed by atoms with E-state index in [9.17, 15) is 0 Å². The van der Waals surface area contributed by atoms with Gasteiger partial charge in [0.25, 0.3) is 0 Å². The summed E-state index contributed by atoms with van der Waals surface area (Å²) in [6, 6.07) is 69.3. The van der Waals surface area contributed by atoms with Crippen LogP contribution in [0, 0.1) is 0 Å². The molecule has 0 N–H and O–H groups in total. The van der Waals surface area contributed by atoms with E-state index in [2.05, 4.69) is 191 Å². The molecule has 2 heterocycles. The summed E-state index contributed by atoms with van der Waals surface area (Å²) in [5, 5.41) is 4.75. The summed E-state index contributed by atoms with van der Waals surface area (Å²) in [5.41, 5.74) is 13.2. The minimum absolute atomic E-state index is 0.894. The van der Waals surface area contributed by atoms with E-state index in [-0.39, 0.29) is 0 Å². The van der Waals surface area contributed by atoms with Gasteiger partial charge in [-0.2, -0.15) is 0 Å². The molecule has 0 saturated carbocycles. The van der Waals surface area contributed by atoms with Crippen molar-refractivity contribution in [1.82, 2.24) is 4.57 Å². The molecule has 0 radical (unpaired) electrons. The molecule has 0 fully saturated rings. The van der Waals surface area contributed by atoms with Crippen LogP contribution in [0.4, 0.5) is 17.1 Å². The molecule has 10 rings (SSSR count). The Kier molecular flexibility index (Phi) is 6.81. The fourth-order valence-electron chi connectivity index (χ4n) is 7.61. The highest BCUT2D eigenvalue weighted by molar-refractivity contribution is 6.09. The Morgan fingerprint density at radius 1 is 0.333 bits per heavy atom. The van der Waals surface area contributed by atoms with Gasteiger partial charge in [0.15, 0.2) is 0 Å². The van der Waals surface area contributed by atoms with Gasteiger partial charge in [0.2, 0.25) is 0 Å². The van der Waals surface area contributed by atoms with Gasteiger partial charge in [-0.25, -0.2) is 0 Å². The number of fused-ring (bicyclic) bond motifs is 6. The van der Waals surface area contributed by atoms with Crippen LogP contribution in [0.3, 0.4) is 0 Å². The lowest BCUT2D eigenvalue weighted by Gasteiger charge is -2.27. The molecule has 240 valence electrons. The summed E-state index contributed by atoms with van der Waals surface area (Å²) in [4.78, 5) is 2.34. The van der Waals surface area contributed by atoms with Gasteiger partial charge in [0.1, 0.15) is 11.2 Å². The topological polar surface area (TPSA) is 21.3 Å². The summed E-state index contributed by atoms with van der Waals surface area (Å²) in [6.45, 7) is 0. The Bertz CT molecular complexity index is 2770. The van der Waals surface area contributed by atoms with Crippen LogP contribution in [-0.2, 0) is 0 Å². The van der Waals surface area contributed by atoms with Gasteiger partial charge in [-0.1, -0.05) is 109 Å². The first-order valence-corrected chi connectivity index (χ1v) is 17.3. The fraction of sp³-hybridized carbons (Fsp3) is 0. The number of rotatable bonds is 6. The molecule has 0 aliphatic rings. The van der Waals surface area contributed by atoms with E-state index >= 15 is 0 Å². The van der Waals surface area contributed by atoms with E-state index in [1.807, 2.05) is 12.1 Å². The third-order valence-electron chi connectivity index (χ3n) is 9.93. The van der Waals surface area contributed by atoms with Gasteiger partial charge in [0, 0.05) is 44.3 Å². The molecule has 0 bridgehead atoms. The minimum atomic E-state index is 0.894. The maximum atomic E-state index is 6.21. The zero-order chi connectivity index (χ0) is 33.7. The van der Waals surface area contributed by atoms with Crippen LogP contribution in [0.1, 0.15) is 0 Å². The number of para-hydroxylation sites is 5. The number of hydrogen-bond donors (Lipinski definition) is 0. The third-order valence-corrected chi connectivity index (χ3v) is 9.93. The normalized spacial score (nSPS) is 11.5. The summed E-state index contributed by atoms with van der Waals surface area (Å²) in [7, 11) is 0. The molecule has 3 nitrogen and oxygen atoms in total. The zero-order valence-electron chi connectivity index (χ0n) is 27.8. The van der Waals surface area contributed by atoms with Gasteiger partial charge in [-0.3, -0.25) is 0 Å². The first kappa shape index (κ1) is 29.1. The predicted octanol–water partition coefficient (Wildman–Crippen LogP) is 13.5. The van der Waals surface area contributed by atoms with E-state index in [1.165, 1.54) is 21.8 Å². The number of furan rings is 1. The number of aromatic nitrogens is 1. The van der Waals surface area contributed by atoms with Gasteiger partial charge >= 0.3 is 0 Å². The van der Waals surface area contributed by atoms with E-state index in [4.69, 9.17) is 4.42 Å². The molecule has 0 atom stereocenters. The van der Waals surface area contributed by atoms with Gasteiger partial charge in [0.05, 0.1) is 11.0 Å². The second kappa shape index (κ2) is 11.9. The summed E-state index contributed by atoms with van der Waals surface area (Å²) in [5.74, 6) is 0. The SMILES string of the molecule is c1ccc(N(c2ccccc2)c2cc(-c3cccc(-n4c5ccccc5c5ccccc54)c3)cc(-c3ccc4oc5ccccc5c4c3)c2)cc1. The van der Waals surface area contributed by atoms with E-state index in [1.54, 1.807) is 0 Å². The van der Waals surface area contributed by atoms with Crippen molar-refractivity contribution in [3.63, 3.8) is 0 Å². The van der Waals surface area contributed by atoms with Gasteiger partial charge < -0.3 is 13.9 Å². The first-order chi connectivity index (χ1) is 25.3. The quantitative estimate of drug-likeness (QED) is 0.178. The highest BCUT2D eigenvalue weighted by Gasteiger charge is 2.18. The van der Waals surface area contributed by atoms with Crippen LogP contribution in [0.2, 0.25) is 0 Å². The lowest BCUT2D eigenvalue weighted by Crippen LogP contribution is -2.10. The molecule has 0 spiro atoms. The Labute approximate surface area is 295 Å². The zero-order valence-corrected chi connectivity index (χ0v) is 27.8. The summed E-state index contributed by atoms with van der Waals surface area (Å²) >= 11 is 0. The number of nitrogens with zero attached hydrogens (tertiary/aromatic N) is 2. The second-order valence-electron chi connectivity index (χ2n) is 13.0. The van der Waals surface area contributed by atoms with Crippen LogP contribution in [0.25, 0.3) is 71.7 Å². The van der Waals surface area contributed by atoms with Crippen molar-refractivity contribution >= 4 is 60.8 Å². The second-order valence-corrected chi connectivity index (χ2v) is 13.0. The lowest BCUT2D eigenvalue weighted by molar-refractivity contribution is 0.669. The molecule has 2 aromatic heterocycles. The highest BCUT2D eigenvalue weighted by Crippen LogP contribution is 2.41. The molecule has 3 heteroatoms. The molecule has 0 unspecified atom stereocenters. The monoisotopic (exact) mass is 652 g/mol. The molecule has 0 amide bonds. The Balaban J connectivity index is 1.20. The first-order valence-electron chi connectivity index (χ1n) is 17.3. The smallest absolute Gasteiger partial charge is 0.135 e. The van der Waals surface area contributed by atoms with Gasteiger partial charge in [-0.15, -0.1) is 0 Å². The van der Waals surface area contributed by atoms with Crippen molar-refractivity contribution in [2.45, 2.75) is 0 Å². The molecule has 51 heavy (non-hydrogen) atoms. The van der Waals surface area contributed by atoms with Crippen LogP contribution in [0.15, 0.2) is 199 Å². The standard InChI is InChI=1S/C48H32N2O/c1-3-15-37(16-4-1)49(38-17-5-2-6-18-38)40-30-35(28-36(31-40)34-26-27-48-44(32-34)43-22-9-12-25-47(43)51-48)33-14-13-19-39(29-33)50-45-23-10-7-20-41(45)42-21-8-11-24-46(42)50/h1-32H. The van der Waals surface area contributed by atoms with Crippen LogP contribution in [0.5, 0.6) is 0 Å². The van der Waals surface area contributed by atoms with Crippen molar-refractivity contribution in [2.24, 2.45) is 0 Å².